The molecule has 9 heteroatoms. The van der Waals surface area contributed by atoms with Crippen molar-refractivity contribution >= 4 is 28.8 Å². The van der Waals surface area contributed by atoms with Crippen LogP contribution in [0.15, 0.2) is 126 Å². The Labute approximate surface area is 319 Å². The van der Waals surface area contributed by atoms with Crippen molar-refractivity contribution in [2.45, 2.75) is 90.1 Å². The number of anilines is 2. The molecule has 1 saturated heterocycles. The van der Waals surface area contributed by atoms with Crippen molar-refractivity contribution in [2.24, 2.45) is 0 Å². The summed E-state index contributed by atoms with van der Waals surface area (Å²) in [6, 6.07) is 16.1. The second-order valence-electron chi connectivity index (χ2n) is 13.7. The van der Waals surface area contributed by atoms with E-state index in [9.17, 15) is 14.0 Å². The molecule has 1 aliphatic rings. The van der Waals surface area contributed by atoms with E-state index in [0.29, 0.717) is 18.9 Å². The van der Waals surface area contributed by atoms with Gasteiger partial charge in [-0.1, -0.05) is 98.4 Å². The fourth-order valence-corrected chi connectivity index (χ4v) is 6.70. The lowest BCUT2D eigenvalue weighted by Gasteiger charge is -2.38. The van der Waals surface area contributed by atoms with E-state index in [4.69, 9.17) is 4.98 Å². The van der Waals surface area contributed by atoms with Crippen LogP contribution in [-0.4, -0.2) is 51.2 Å². The summed E-state index contributed by atoms with van der Waals surface area (Å²) in [5.74, 6) is 0.788. The molecule has 3 heterocycles. The van der Waals surface area contributed by atoms with E-state index in [1.807, 2.05) is 42.3 Å². The molecule has 284 valence electrons. The average molecular weight is 731 g/mol. The van der Waals surface area contributed by atoms with Crippen LogP contribution in [-0.2, 0) is 6.54 Å². The van der Waals surface area contributed by atoms with E-state index < -0.39 is 0 Å². The third-order valence-corrected chi connectivity index (χ3v) is 9.71. The first-order valence-corrected chi connectivity index (χ1v) is 19.5. The van der Waals surface area contributed by atoms with Gasteiger partial charge < -0.3 is 14.4 Å². The summed E-state index contributed by atoms with van der Waals surface area (Å²) in [5, 5.41) is 0. The Morgan fingerprint density at radius 1 is 0.833 bits per heavy atom. The molecule has 1 fully saturated rings. The van der Waals surface area contributed by atoms with Gasteiger partial charge in [0.2, 0.25) is 17.8 Å². The molecule has 0 amide bonds. The highest BCUT2D eigenvalue weighted by Crippen LogP contribution is 2.28. The lowest BCUT2D eigenvalue weighted by Crippen LogP contribution is -2.46. The van der Waals surface area contributed by atoms with E-state index in [-0.39, 0.29) is 29.7 Å². The third-order valence-electron chi connectivity index (χ3n) is 9.71. The van der Waals surface area contributed by atoms with Crippen LogP contribution in [0.3, 0.4) is 0 Å². The number of imidazole rings is 1. The molecule has 4 aromatic rings. The number of para-hydroxylation sites is 2. The second kappa shape index (κ2) is 21.4. The lowest BCUT2D eigenvalue weighted by atomic mass is 10.0. The summed E-state index contributed by atoms with van der Waals surface area (Å²) in [7, 11) is 1.92. The van der Waals surface area contributed by atoms with Crippen molar-refractivity contribution in [2.75, 3.05) is 29.9 Å². The summed E-state index contributed by atoms with van der Waals surface area (Å²) < 4.78 is 17.1. The summed E-state index contributed by atoms with van der Waals surface area (Å²) >= 11 is 0. The maximum Gasteiger partial charge on any atom is 0.261 e. The largest absolute Gasteiger partial charge is 0.342 e. The van der Waals surface area contributed by atoms with E-state index in [0.717, 1.165) is 87.0 Å². The molecule has 0 N–H and O–H groups in total. The van der Waals surface area contributed by atoms with Gasteiger partial charge in [0.05, 0.1) is 17.6 Å². The van der Waals surface area contributed by atoms with Gasteiger partial charge in [0.1, 0.15) is 5.82 Å². The van der Waals surface area contributed by atoms with Crippen molar-refractivity contribution in [3.63, 3.8) is 0 Å². The quantitative estimate of drug-likeness (QED) is 0.0707. The van der Waals surface area contributed by atoms with Gasteiger partial charge in [0.15, 0.2) is 0 Å². The fourth-order valence-electron chi connectivity index (χ4n) is 6.70. The van der Waals surface area contributed by atoms with Crippen LogP contribution < -0.4 is 15.4 Å². The number of nitrogens with zero attached hydrogens (tertiary/aromatic N) is 6. The molecule has 5 rings (SSSR count). The highest BCUT2D eigenvalue weighted by atomic mass is 19.1. The standard InChI is InChI=1S/C45H55FN6O2/c1-3-4-5-6-7-8-9-10-11-12-13-14-15-16-17-18-19-20-25-42(53)52-43(54)30-33-47-44(52)49(2)39-31-34-50(35-32-39)45-48-40-23-21-22-24-41(40)51(45)36-37-26-28-38(46)29-27-37/h5-6,8-9,11-12,14-15,17-18,21-24,26-30,33,39H,3-4,7,10,13,16,19-20,25,31-32,34-36H2,1-2H3/b6-5-,9-8-,12-11-,15-14-,18-17-. The molecule has 1 aliphatic heterocycles. The van der Waals surface area contributed by atoms with Crippen LogP contribution in [0, 0.1) is 5.82 Å². The maximum atomic E-state index is 13.6. The van der Waals surface area contributed by atoms with Crippen LogP contribution in [0.25, 0.3) is 11.0 Å². The van der Waals surface area contributed by atoms with Gasteiger partial charge in [-0.15, -0.1) is 0 Å². The van der Waals surface area contributed by atoms with Crippen LogP contribution >= 0.6 is 0 Å². The Morgan fingerprint density at radius 2 is 1.44 bits per heavy atom. The smallest absolute Gasteiger partial charge is 0.261 e. The van der Waals surface area contributed by atoms with Crippen LogP contribution in [0.4, 0.5) is 16.3 Å². The Morgan fingerprint density at radius 3 is 2.09 bits per heavy atom. The zero-order valence-electron chi connectivity index (χ0n) is 31.9. The SMILES string of the molecule is CCC/C=C\C/C=C\C/C=C\C/C=C\C/C=C\CCCC(=O)n1c(N(C)C2CCN(c3nc4ccccc4n3Cc3ccc(F)cc3)CC2)nccc1=O. The van der Waals surface area contributed by atoms with Gasteiger partial charge in [0.25, 0.3) is 5.56 Å². The number of hydrogen-bond donors (Lipinski definition) is 0. The number of halogens is 1. The van der Waals surface area contributed by atoms with Crippen LogP contribution in [0.1, 0.15) is 87.9 Å². The van der Waals surface area contributed by atoms with Crippen molar-refractivity contribution in [3.05, 3.63) is 143 Å². The molecular formula is C45H55FN6O2. The number of fused-ring (bicyclic) bond motifs is 1. The van der Waals surface area contributed by atoms with Crippen molar-refractivity contribution in [1.29, 1.82) is 0 Å². The second-order valence-corrected chi connectivity index (χ2v) is 13.7. The number of aromatic nitrogens is 4. The minimum atomic E-state index is -0.353. The van der Waals surface area contributed by atoms with Gasteiger partial charge >= 0.3 is 0 Å². The molecule has 0 saturated carbocycles. The molecule has 0 bridgehead atoms. The predicted octanol–water partition coefficient (Wildman–Crippen LogP) is 9.84. The molecule has 2 aromatic heterocycles. The lowest BCUT2D eigenvalue weighted by molar-refractivity contribution is 0.0896. The molecule has 0 spiro atoms. The highest BCUT2D eigenvalue weighted by molar-refractivity contribution is 5.81. The normalized spacial score (nSPS) is 14.3. The van der Waals surface area contributed by atoms with Crippen molar-refractivity contribution < 1.29 is 9.18 Å². The number of unbranched alkanes of at least 4 members (excludes halogenated alkanes) is 2. The number of benzene rings is 2. The van der Waals surface area contributed by atoms with Gasteiger partial charge in [-0.05, 0) is 87.6 Å². The van der Waals surface area contributed by atoms with E-state index in [1.54, 1.807) is 0 Å². The number of hydrogen-bond acceptors (Lipinski definition) is 6. The first kappa shape index (κ1) is 39.9. The Kier molecular flexibility index (Phi) is 15.8. The molecular weight excluding hydrogens is 676 g/mol. The highest BCUT2D eigenvalue weighted by Gasteiger charge is 2.28. The van der Waals surface area contributed by atoms with Gasteiger partial charge in [0, 0.05) is 44.9 Å². The number of rotatable bonds is 19. The minimum Gasteiger partial charge on any atom is -0.342 e. The Bertz CT molecular complexity index is 1980. The van der Waals surface area contributed by atoms with Crippen molar-refractivity contribution in [1.82, 2.24) is 19.1 Å². The van der Waals surface area contributed by atoms with Crippen LogP contribution in [0.2, 0.25) is 0 Å². The molecule has 8 nitrogen and oxygen atoms in total. The van der Waals surface area contributed by atoms with E-state index in [1.165, 1.54) is 35.4 Å². The summed E-state index contributed by atoms with van der Waals surface area (Å²) in [6.45, 7) is 4.27. The summed E-state index contributed by atoms with van der Waals surface area (Å²) in [6.07, 6.45) is 32.7. The monoisotopic (exact) mass is 730 g/mol. The van der Waals surface area contributed by atoms with Crippen molar-refractivity contribution in [3.8, 4) is 0 Å². The zero-order valence-corrected chi connectivity index (χ0v) is 31.9. The van der Waals surface area contributed by atoms with E-state index in [2.05, 4.69) is 88.2 Å². The van der Waals surface area contributed by atoms with Crippen LogP contribution in [0.5, 0.6) is 0 Å². The number of carbonyl (C=O) groups is 1. The summed E-state index contributed by atoms with van der Waals surface area (Å²) in [5.41, 5.74) is 2.60. The topological polar surface area (TPSA) is 76.3 Å². The molecule has 0 atom stereocenters. The third kappa shape index (κ3) is 11.6. The molecule has 0 aliphatic carbocycles. The number of allylic oxidation sites excluding steroid dienone is 10. The molecule has 2 aromatic carbocycles. The number of carbonyl (C=O) groups excluding carboxylic acids is 1. The molecule has 54 heavy (non-hydrogen) atoms. The zero-order chi connectivity index (χ0) is 38.0. The molecule has 0 unspecified atom stereocenters. The van der Waals surface area contributed by atoms with Gasteiger partial charge in [-0.25, -0.2) is 18.9 Å². The molecule has 0 radical (unpaired) electrons. The number of piperidine rings is 1. The Balaban J connectivity index is 1.08. The minimum absolute atomic E-state index is 0.0932. The maximum absolute atomic E-state index is 13.6. The van der Waals surface area contributed by atoms with Gasteiger partial charge in [-0.2, -0.15) is 0 Å². The van der Waals surface area contributed by atoms with E-state index >= 15 is 0 Å². The first-order valence-electron chi connectivity index (χ1n) is 19.5. The summed E-state index contributed by atoms with van der Waals surface area (Å²) in [4.78, 5) is 40.2. The predicted molar refractivity (Wildman–Crippen MR) is 221 cm³/mol. The first-order chi connectivity index (χ1) is 26.5. The van der Waals surface area contributed by atoms with Gasteiger partial charge in [-0.3, -0.25) is 9.59 Å². The average Bonchev–Trinajstić information content (AvgIpc) is 3.55. The fraction of sp³-hybridized carbons (Fsp3) is 0.378. The Hall–Kier alpha value is -5.31.